The van der Waals surface area contributed by atoms with Gasteiger partial charge in [-0.3, -0.25) is 4.79 Å². The minimum atomic E-state index is -0.670. The fourth-order valence-electron chi connectivity index (χ4n) is 1.46. The maximum atomic E-state index is 10.9. The molecule has 4 nitrogen and oxygen atoms in total. The summed E-state index contributed by atoms with van der Waals surface area (Å²) in [6.45, 7) is 2.40. The molecule has 0 amide bonds. The van der Waals surface area contributed by atoms with Crippen molar-refractivity contribution in [2.24, 2.45) is 4.99 Å². The number of carbonyl (C=O) groups is 1. The lowest BCUT2D eigenvalue weighted by molar-refractivity contribution is -0.112. The summed E-state index contributed by atoms with van der Waals surface area (Å²) in [5, 5.41) is 0. The topological polar surface area (TPSA) is 47.9 Å². The number of hydrogen-bond donors (Lipinski definition) is 0. The van der Waals surface area contributed by atoms with Crippen molar-refractivity contribution in [3.63, 3.8) is 0 Å². The summed E-state index contributed by atoms with van der Waals surface area (Å²) in [4.78, 5) is 15.1. The van der Waals surface area contributed by atoms with Crippen molar-refractivity contribution in [3.8, 4) is 0 Å². The molecule has 4 heteroatoms. The van der Waals surface area contributed by atoms with Gasteiger partial charge in [0.15, 0.2) is 6.29 Å². The molecule has 88 valence electrons. The number of rotatable bonds is 4. The maximum Gasteiger partial charge on any atom is 0.222 e. The minimum absolute atomic E-state index is 0.452. The van der Waals surface area contributed by atoms with Crippen LogP contribution in [0.1, 0.15) is 12.5 Å². The van der Waals surface area contributed by atoms with Crippen molar-refractivity contribution >= 4 is 12.2 Å². The maximum absolute atomic E-state index is 10.9. The van der Waals surface area contributed by atoms with Gasteiger partial charge in [-0.2, -0.15) is 0 Å². The number of nitrogens with zero attached hydrogens (tertiary/aromatic N) is 1. The van der Waals surface area contributed by atoms with E-state index in [4.69, 9.17) is 9.47 Å². The van der Waals surface area contributed by atoms with Crippen LogP contribution in [0.15, 0.2) is 47.3 Å². The largest absolute Gasteiger partial charge is 0.499 e. The third kappa shape index (κ3) is 2.53. The summed E-state index contributed by atoms with van der Waals surface area (Å²) >= 11 is 0. The molecule has 17 heavy (non-hydrogen) atoms. The van der Waals surface area contributed by atoms with Gasteiger partial charge in [-0.05, 0) is 19.1 Å². The Morgan fingerprint density at radius 2 is 2.18 bits per heavy atom. The highest BCUT2D eigenvalue weighted by atomic mass is 16.5. The van der Waals surface area contributed by atoms with Crippen LogP contribution >= 0.6 is 0 Å². The molecule has 1 heterocycles. The van der Waals surface area contributed by atoms with Gasteiger partial charge in [0.05, 0.1) is 6.61 Å². The van der Waals surface area contributed by atoms with Crippen molar-refractivity contribution < 1.29 is 14.3 Å². The first-order valence-corrected chi connectivity index (χ1v) is 5.43. The summed E-state index contributed by atoms with van der Waals surface area (Å²) in [7, 11) is 0. The molecule has 1 unspecified atom stereocenters. The Morgan fingerprint density at radius 1 is 1.41 bits per heavy atom. The van der Waals surface area contributed by atoms with Crippen LogP contribution in [0.3, 0.4) is 0 Å². The quantitative estimate of drug-likeness (QED) is 0.587. The minimum Gasteiger partial charge on any atom is -0.499 e. The van der Waals surface area contributed by atoms with E-state index in [1.807, 2.05) is 37.3 Å². The van der Waals surface area contributed by atoms with E-state index in [9.17, 15) is 4.79 Å². The van der Waals surface area contributed by atoms with Gasteiger partial charge in [0.1, 0.15) is 12.0 Å². The summed E-state index contributed by atoms with van der Waals surface area (Å²) in [5.74, 6) is 0.452. The number of aliphatic imine (C=N–C) groups is 1. The second kappa shape index (κ2) is 5.30. The molecule has 0 spiro atoms. The Hall–Kier alpha value is -2.10. The molecule has 1 aliphatic rings. The van der Waals surface area contributed by atoms with Crippen molar-refractivity contribution in [2.75, 3.05) is 6.61 Å². The highest BCUT2D eigenvalue weighted by Crippen LogP contribution is 2.20. The Bertz CT molecular complexity index is 451. The predicted molar refractivity (Wildman–Crippen MR) is 63.6 cm³/mol. The molecular formula is C13H13NO3. The van der Waals surface area contributed by atoms with Crippen LogP contribution in [0.25, 0.3) is 0 Å². The lowest BCUT2D eigenvalue weighted by Crippen LogP contribution is -2.14. The molecule has 2 rings (SSSR count). The first-order valence-electron chi connectivity index (χ1n) is 5.43. The molecule has 0 aromatic heterocycles. The smallest absolute Gasteiger partial charge is 0.222 e. The second-order valence-electron chi connectivity index (χ2n) is 3.46. The fourth-order valence-corrected chi connectivity index (χ4v) is 1.46. The standard InChI is InChI=1S/C13H13NO3/c1-2-16-9-11-12(8-15)17-13(14-11)10-6-4-3-5-7-10/h3-9,12H,2H2,1H3. The van der Waals surface area contributed by atoms with Crippen LogP contribution in [0, 0.1) is 0 Å². The Balaban J connectivity index is 2.24. The normalized spacial score (nSPS) is 20.9. The summed E-state index contributed by atoms with van der Waals surface area (Å²) in [6.07, 6.45) is 1.51. The lowest BCUT2D eigenvalue weighted by Gasteiger charge is -2.04. The average Bonchev–Trinajstić information content (AvgIpc) is 2.80. The van der Waals surface area contributed by atoms with Crippen LogP contribution in [-0.4, -0.2) is 24.9 Å². The lowest BCUT2D eigenvalue weighted by atomic mass is 10.2. The molecule has 0 saturated heterocycles. The number of ether oxygens (including phenoxy) is 2. The fraction of sp³-hybridized carbons (Fsp3) is 0.231. The third-order valence-electron chi connectivity index (χ3n) is 2.28. The first kappa shape index (κ1) is 11.4. The molecule has 1 aliphatic heterocycles. The molecule has 1 atom stereocenters. The van der Waals surface area contributed by atoms with Gasteiger partial charge in [-0.25, -0.2) is 4.99 Å². The van der Waals surface area contributed by atoms with Gasteiger partial charge in [0, 0.05) is 5.56 Å². The highest BCUT2D eigenvalue weighted by Gasteiger charge is 2.26. The van der Waals surface area contributed by atoms with Crippen molar-refractivity contribution in [3.05, 3.63) is 47.9 Å². The molecule has 0 bridgehead atoms. The second-order valence-corrected chi connectivity index (χ2v) is 3.46. The van der Waals surface area contributed by atoms with Crippen molar-refractivity contribution in [1.29, 1.82) is 0 Å². The van der Waals surface area contributed by atoms with E-state index in [-0.39, 0.29) is 0 Å². The molecular weight excluding hydrogens is 218 g/mol. The van der Waals surface area contributed by atoms with E-state index in [0.717, 1.165) is 5.56 Å². The number of carbonyl (C=O) groups excluding carboxylic acids is 1. The Kier molecular flexibility index (Phi) is 3.55. The van der Waals surface area contributed by atoms with E-state index >= 15 is 0 Å². The predicted octanol–water partition coefficient (Wildman–Crippen LogP) is 1.91. The highest BCUT2D eigenvalue weighted by molar-refractivity contribution is 5.98. The monoisotopic (exact) mass is 231 g/mol. The molecule has 0 saturated carbocycles. The van der Waals surface area contributed by atoms with Gasteiger partial charge in [-0.1, -0.05) is 18.2 Å². The van der Waals surface area contributed by atoms with Crippen molar-refractivity contribution in [1.82, 2.24) is 0 Å². The Labute approximate surface area is 99.6 Å². The van der Waals surface area contributed by atoms with Crippen LogP contribution in [0.5, 0.6) is 0 Å². The zero-order valence-electron chi connectivity index (χ0n) is 9.50. The van der Waals surface area contributed by atoms with Crippen LogP contribution in [0.2, 0.25) is 0 Å². The van der Waals surface area contributed by atoms with Crippen LogP contribution < -0.4 is 0 Å². The average molecular weight is 231 g/mol. The summed E-state index contributed by atoms with van der Waals surface area (Å²) in [6, 6.07) is 9.45. The van der Waals surface area contributed by atoms with E-state index in [1.54, 1.807) is 0 Å². The van der Waals surface area contributed by atoms with Gasteiger partial charge in [-0.15, -0.1) is 0 Å². The van der Waals surface area contributed by atoms with E-state index < -0.39 is 6.10 Å². The summed E-state index contributed by atoms with van der Waals surface area (Å²) in [5.41, 5.74) is 1.35. The van der Waals surface area contributed by atoms with Crippen molar-refractivity contribution in [2.45, 2.75) is 13.0 Å². The van der Waals surface area contributed by atoms with Gasteiger partial charge in [0.25, 0.3) is 0 Å². The SMILES string of the molecule is CCOC=C1N=C(c2ccccc2)OC1C=O. The number of hydrogen-bond acceptors (Lipinski definition) is 4. The molecule has 1 aromatic carbocycles. The van der Waals surface area contributed by atoms with Gasteiger partial charge < -0.3 is 9.47 Å². The molecule has 0 fully saturated rings. The van der Waals surface area contributed by atoms with Crippen LogP contribution in [-0.2, 0) is 14.3 Å². The third-order valence-corrected chi connectivity index (χ3v) is 2.28. The van der Waals surface area contributed by atoms with E-state index in [1.165, 1.54) is 6.26 Å². The molecule has 0 radical (unpaired) electrons. The first-order chi connectivity index (χ1) is 8.35. The van der Waals surface area contributed by atoms with Gasteiger partial charge in [0.2, 0.25) is 12.0 Å². The zero-order valence-corrected chi connectivity index (χ0v) is 9.50. The van der Waals surface area contributed by atoms with E-state index in [2.05, 4.69) is 4.99 Å². The van der Waals surface area contributed by atoms with Gasteiger partial charge >= 0.3 is 0 Å². The molecule has 0 N–H and O–H groups in total. The molecule has 1 aromatic rings. The van der Waals surface area contributed by atoms with E-state index in [0.29, 0.717) is 24.5 Å². The number of aldehydes is 1. The van der Waals surface area contributed by atoms with Crippen LogP contribution in [0.4, 0.5) is 0 Å². The number of benzene rings is 1. The summed E-state index contributed by atoms with van der Waals surface area (Å²) < 4.78 is 10.6. The Morgan fingerprint density at radius 3 is 2.82 bits per heavy atom. The molecule has 0 aliphatic carbocycles. The zero-order chi connectivity index (χ0) is 12.1.